The minimum atomic E-state index is -0.864. The number of benzene rings is 1. The summed E-state index contributed by atoms with van der Waals surface area (Å²) in [6.07, 6.45) is 5.17. The Morgan fingerprint density at radius 3 is 2.90 bits per heavy atom. The Labute approximate surface area is 125 Å². The largest absolute Gasteiger partial charge is 0.478 e. The molecule has 0 unspecified atom stereocenters. The number of carbonyl (C=O) groups is 1. The van der Waals surface area contributed by atoms with E-state index >= 15 is 0 Å². The van der Waals surface area contributed by atoms with E-state index < -0.39 is 11.6 Å². The van der Waals surface area contributed by atoms with Crippen molar-refractivity contribution in [2.45, 2.75) is 44.2 Å². The molecule has 0 bridgehead atoms. The Morgan fingerprint density at radius 1 is 1.29 bits per heavy atom. The van der Waals surface area contributed by atoms with Crippen LogP contribution in [0.4, 0.5) is 0 Å². The molecular formula is C17H23NO3. The van der Waals surface area contributed by atoms with Gasteiger partial charge in [0.2, 0.25) is 0 Å². The van der Waals surface area contributed by atoms with Gasteiger partial charge in [0, 0.05) is 25.6 Å². The van der Waals surface area contributed by atoms with Crippen LogP contribution in [-0.4, -0.2) is 39.8 Å². The Hall–Kier alpha value is -1.39. The fraction of sp³-hybridized carbons (Fsp3) is 0.588. The molecule has 1 aliphatic heterocycles. The molecule has 4 nitrogen and oxygen atoms in total. The molecule has 114 valence electrons. The lowest BCUT2D eigenvalue weighted by atomic mass is 9.71. The van der Waals surface area contributed by atoms with Gasteiger partial charge in [0.25, 0.3) is 0 Å². The summed E-state index contributed by atoms with van der Waals surface area (Å²) in [5.74, 6) is -0.520. The number of carboxylic acids is 1. The number of fused-ring (bicyclic) bond motifs is 1. The van der Waals surface area contributed by atoms with Crippen molar-refractivity contribution in [1.82, 2.24) is 4.90 Å². The number of likely N-dealkylation sites (tertiary alicyclic amines) is 1. The lowest BCUT2D eigenvalue weighted by molar-refractivity contribution is -0.0968. The van der Waals surface area contributed by atoms with Crippen molar-refractivity contribution >= 4 is 5.97 Å². The van der Waals surface area contributed by atoms with Crippen LogP contribution in [-0.2, 0) is 6.54 Å². The number of rotatable bonds is 3. The maximum absolute atomic E-state index is 11.3. The fourth-order valence-electron chi connectivity index (χ4n) is 3.89. The summed E-state index contributed by atoms with van der Waals surface area (Å²) >= 11 is 0. The second-order valence-corrected chi connectivity index (χ2v) is 6.49. The lowest BCUT2D eigenvalue weighted by Gasteiger charge is -2.47. The summed E-state index contributed by atoms with van der Waals surface area (Å²) in [7, 11) is 0. The zero-order chi connectivity index (χ0) is 14.9. The molecule has 1 saturated carbocycles. The van der Waals surface area contributed by atoms with Gasteiger partial charge in [-0.25, -0.2) is 4.79 Å². The van der Waals surface area contributed by atoms with E-state index in [2.05, 4.69) is 4.90 Å². The zero-order valence-electron chi connectivity index (χ0n) is 12.3. The van der Waals surface area contributed by atoms with Crippen LogP contribution in [0.1, 0.15) is 48.0 Å². The fourth-order valence-corrected chi connectivity index (χ4v) is 3.89. The van der Waals surface area contributed by atoms with E-state index in [9.17, 15) is 15.0 Å². The van der Waals surface area contributed by atoms with Crippen molar-refractivity contribution in [1.29, 1.82) is 0 Å². The highest BCUT2D eigenvalue weighted by atomic mass is 16.4. The molecule has 0 aromatic heterocycles. The van der Waals surface area contributed by atoms with E-state index in [-0.39, 0.29) is 0 Å². The summed E-state index contributed by atoms with van der Waals surface area (Å²) < 4.78 is 0. The minimum Gasteiger partial charge on any atom is -0.478 e. The molecule has 21 heavy (non-hydrogen) atoms. The van der Waals surface area contributed by atoms with Crippen molar-refractivity contribution < 1.29 is 15.0 Å². The molecule has 2 N–H and O–H groups in total. The Morgan fingerprint density at radius 2 is 2.10 bits per heavy atom. The second kappa shape index (κ2) is 5.78. The molecule has 1 aromatic rings. The number of nitrogens with zero attached hydrogens (tertiary/aromatic N) is 1. The van der Waals surface area contributed by atoms with E-state index in [0.717, 1.165) is 44.3 Å². The third-order valence-corrected chi connectivity index (χ3v) is 5.15. The van der Waals surface area contributed by atoms with Crippen LogP contribution in [0, 0.1) is 5.92 Å². The van der Waals surface area contributed by atoms with Crippen LogP contribution in [0.5, 0.6) is 0 Å². The molecule has 1 aromatic carbocycles. The maximum Gasteiger partial charge on any atom is 0.336 e. The molecule has 1 aliphatic carbocycles. The summed E-state index contributed by atoms with van der Waals surface area (Å²) in [6, 6.07) is 7.22. The number of aliphatic hydroxyl groups is 1. The van der Waals surface area contributed by atoms with E-state index in [1.165, 1.54) is 6.42 Å². The van der Waals surface area contributed by atoms with Gasteiger partial charge in [-0.1, -0.05) is 31.0 Å². The lowest BCUT2D eigenvalue weighted by Crippen LogP contribution is -2.53. The van der Waals surface area contributed by atoms with Gasteiger partial charge >= 0.3 is 5.97 Å². The first-order chi connectivity index (χ1) is 10.1. The van der Waals surface area contributed by atoms with Crippen LogP contribution in [0.2, 0.25) is 0 Å². The number of piperidine rings is 1. The normalized spacial score (nSPS) is 29.9. The van der Waals surface area contributed by atoms with Crippen molar-refractivity contribution in [3.05, 3.63) is 35.4 Å². The van der Waals surface area contributed by atoms with Gasteiger partial charge in [-0.15, -0.1) is 0 Å². The predicted octanol–water partition coefficient (Wildman–Crippen LogP) is 2.51. The monoisotopic (exact) mass is 289 g/mol. The molecule has 2 fully saturated rings. The smallest absolute Gasteiger partial charge is 0.336 e. The van der Waals surface area contributed by atoms with Crippen LogP contribution in [0.3, 0.4) is 0 Å². The Bertz CT molecular complexity index is 531. The van der Waals surface area contributed by atoms with E-state index in [4.69, 9.17) is 0 Å². The molecule has 0 spiro atoms. The number of carboxylic acid groups (broad SMARTS) is 1. The summed E-state index contributed by atoms with van der Waals surface area (Å²) in [4.78, 5) is 13.6. The summed E-state index contributed by atoms with van der Waals surface area (Å²) in [5, 5.41) is 20.0. The van der Waals surface area contributed by atoms with Gasteiger partial charge in [-0.2, -0.15) is 0 Å². The number of hydrogen-bond donors (Lipinski definition) is 2. The molecule has 0 radical (unpaired) electrons. The van der Waals surface area contributed by atoms with Crippen molar-refractivity contribution in [2.24, 2.45) is 5.92 Å². The second-order valence-electron chi connectivity index (χ2n) is 6.49. The molecule has 4 heteroatoms. The predicted molar refractivity (Wildman–Crippen MR) is 80.2 cm³/mol. The maximum atomic E-state index is 11.3. The first-order valence-corrected chi connectivity index (χ1v) is 7.84. The highest BCUT2D eigenvalue weighted by Gasteiger charge is 2.42. The highest BCUT2D eigenvalue weighted by molar-refractivity contribution is 5.89. The average Bonchev–Trinajstić information content (AvgIpc) is 2.48. The van der Waals surface area contributed by atoms with Gasteiger partial charge in [-0.05, 0) is 30.9 Å². The van der Waals surface area contributed by atoms with Crippen LogP contribution >= 0.6 is 0 Å². The quantitative estimate of drug-likeness (QED) is 0.897. The average molecular weight is 289 g/mol. The SMILES string of the molecule is O=C(O)c1ccccc1CN1CC[C@@]2(O)CCCC[C@H]2C1. The van der Waals surface area contributed by atoms with Crippen LogP contribution in [0.25, 0.3) is 0 Å². The minimum absolute atomic E-state index is 0.344. The molecular weight excluding hydrogens is 266 g/mol. The molecule has 0 amide bonds. The molecule has 2 atom stereocenters. The standard InChI is InChI=1S/C17H23NO3/c19-16(20)15-7-2-1-5-13(15)11-18-10-9-17(21)8-4-3-6-14(17)12-18/h1-2,5,7,14,21H,3-4,6,8-12H2,(H,19,20)/t14-,17-/m0/s1. The first-order valence-electron chi connectivity index (χ1n) is 7.84. The third kappa shape index (κ3) is 2.97. The summed E-state index contributed by atoms with van der Waals surface area (Å²) in [5.41, 5.74) is 0.786. The third-order valence-electron chi connectivity index (χ3n) is 5.15. The van der Waals surface area contributed by atoms with Crippen LogP contribution < -0.4 is 0 Å². The Kier molecular flexibility index (Phi) is 4.00. The number of hydrogen-bond acceptors (Lipinski definition) is 3. The molecule has 1 heterocycles. The van der Waals surface area contributed by atoms with Crippen molar-refractivity contribution in [3.63, 3.8) is 0 Å². The number of aromatic carboxylic acids is 1. The zero-order valence-corrected chi connectivity index (χ0v) is 12.3. The van der Waals surface area contributed by atoms with Gasteiger partial charge in [0.05, 0.1) is 11.2 Å². The van der Waals surface area contributed by atoms with Gasteiger partial charge in [0.15, 0.2) is 0 Å². The molecule has 2 aliphatic rings. The van der Waals surface area contributed by atoms with Gasteiger partial charge in [-0.3, -0.25) is 4.90 Å². The van der Waals surface area contributed by atoms with Crippen molar-refractivity contribution in [3.8, 4) is 0 Å². The van der Waals surface area contributed by atoms with E-state index in [1.54, 1.807) is 12.1 Å². The van der Waals surface area contributed by atoms with Crippen molar-refractivity contribution in [2.75, 3.05) is 13.1 Å². The van der Waals surface area contributed by atoms with Gasteiger partial charge in [0.1, 0.15) is 0 Å². The summed E-state index contributed by atoms with van der Waals surface area (Å²) in [6.45, 7) is 2.39. The van der Waals surface area contributed by atoms with Gasteiger partial charge < -0.3 is 10.2 Å². The molecule has 3 rings (SSSR count). The topological polar surface area (TPSA) is 60.8 Å². The van der Waals surface area contributed by atoms with E-state index in [0.29, 0.717) is 18.0 Å². The van der Waals surface area contributed by atoms with E-state index in [1.807, 2.05) is 12.1 Å². The highest BCUT2D eigenvalue weighted by Crippen LogP contribution is 2.40. The Balaban J connectivity index is 1.71. The van der Waals surface area contributed by atoms with Crippen LogP contribution in [0.15, 0.2) is 24.3 Å². The molecule has 1 saturated heterocycles. The first kappa shape index (κ1) is 14.5.